The number of hydrogen-bond acceptors (Lipinski definition) is 9. The SMILES string of the molecule is CCOC(=O)c1ccc(OC(=O)c2ccc(C(O)Oc3ccc(N=Nc4ccc(N(C)C)cc4)c(F)c3)cc2)c(F)c1. The van der Waals surface area contributed by atoms with Gasteiger partial charge in [0.05, 0.1) is 23.4 Å². The molecule has 0 aromatic heterocycles. The molecule has 0 aliphatic carbocycles. The smallest absolute Gasteiger partial charge is 0.343 e. The molecule has 9 nitrogen and oxygen atoms in total. The van der Waals surface area contributed by atoms with Crippen LogP contribution in [0.1, 0.15) is 39.5 Å². The number of aliphatic hydroxyl groups excluding tert-OH is 1. The molecule has 0 saturated carbocycles. The summed E-state index contributed by atoms with van der Waals surface area (Å²) >= 11 is 0. The zero-order chi connectivity index (χ0) is 30.2. The highest BCUT2D eigenvalue weighted by atomic mass is 19.1. The Morgan fingerprint density at radius 2 is 1.52 bits per heavy atom. The van der Waals surface area contributed by atoms with E-state index in [1.54, 1.807) is 19.1 Å². The van der Waals surface area contributed by atoms with Gasteiger partial charge in [0.25, 0.3) is 0 Å². The van der Waals surface area contributed by atoms with Gasteiger partial charge in [-0.2, -0.15) is 5.11 Å². The fourth-order valence-corrected chi connectivity index (χ4v) is 3.64. The van der Waals surface area contributed by atoms with Gasteiger partial charge in [0, 0.05) is 31.4 Å². The molecule has 0 bridgehead atoms. The molecule has 0 saturated heterocycles. The molecule has 42 heavy (non-hydrogen) atoms. The second kappa shape index (κ2) is 13.5. The number of esters is 2. The van der Waals surface area contributed by atoms with Crippen molar-refractivity contribution in [3.63, 3.8) is 0 Å². The van der Waals surface area contributed by atoms with Crippen LogP contribution in [0, 0.1) is 11.6 Å². The Balaban J connectivity index is 1.36. The normalized spacial score (nSPS) is 11.7. The van der Waals surface area contributed by atoms with E-state index >= 15 is 0 Å². The summed E-state index contributed by atoms with van der Waals surface area (Å²) in [4.78, 5) is 26.2. The Labute approximate surface area is 240 Å². The number of azo groups is 1. The van der Waals surface area contributed by atoms with Crippen molar-refractivity contribution in [2.24, 2.45) is 10.2 Å². The molecule has 216 valence electrons. The predicted octanol–water partition coefficient (Wildman–Crippen LogP) is 6.91. The van der Waals surface area contributed by atoms with Gasteiger partial charge >= 0.3 is 11.9 Å². The van der Waals surface area contributed by atoms with Crippen molar-refractivity contribution in [1.82, 2.24) is 0 Å². The molecule has 0 amide bonds. The van der Waals surface area contributed by atoms with Crippen molar-refractivity contribution in [2.75, 3.05) is 25.6 Å². The van der Waals surface area contributed by atoms with Crippen LogP contribution >= 0.6 is 0 Å². The summed E-state index contributed by atoms with van der Waals surface area (Å²) in [5.74, 6) is -3.49. The summed E-state index contributed by atoms with van der Waals surface area (Å²) in [6.45, 7) is 1.76. The van der Waals surface area contributed by atoms with E-state index in [1.165, 1.54) is 42.5 Å². The van der Waals surface area contributed by atoms with Gasteiger partial charge in [-0.15, -0.1) is 5.11 Å². The molecule has 4 aromatic rings. The maximum atomic E-state index is 14.6. The first-order chi connectivity index (χ1) is 20.1. The van der Waals surface area contributed by atoms with Crippen LogP contribution in [-0.4, -0.2) is 37.7 Å². The summed E-state index contributed by atoms with van der Waals surface area (Å²) in [6.07, 6.45) is -1.48. The van der Waals surface area contributed by atoms with Gasteiger partial charge in [0.1, 0.15) is 11.4 Å². The molecule has 4 rings (SSSR count). The van der Waals surface area contributed by atoms with Gasteiger partial charge in [0.2, 0.25) is 6.29 Å². The maximum absolute atomic E-state index is 14.6. The fraction of sp³-hybridized carbons (Fsp3) is 0.161. The molecule has 1 unspecified atom stereocenters. The second-order valence-electron chi connectivity index (χ2n) is 9.07. The lowest BCUT2D eigenvalue weighted by Gasteiger charge is -2.14. The van der Waals surface area contributed by atoms with E-state index in [9.17, 15) is 23.5 Å². The second-order valence-corrected chi connectivity index (χ2v) is 9.07. The first-order valence-corrected chi connectivity index (χ1v) is 12.8. The highest BCUT2D eigenvalue weighted by molar-refractivity contribution is 5.92. The average Bonchev–Trinajstić information content (AvgIpc) is 2.98. The first-order valence-electron chi connectivity index (χ1n) is 12.8. The Kier molecular flexibility index (Phi) is 9.56. The van der Waals surface area contributed by atoms with E-state index in [2.05, 4.69) is 10.2 Å². The van der Waals surface area contributed by atoms with Crippen molar-refractivity contribution in [2.45, 2.75) is 13.2 Å². The predicted molar refractivity (Wildman–Crippen MR) is 151 cm³/mol. The van der Waals surface area contributed by atoms with Crippen molar-refractivity contribution in [3.05, 3.63) is 113 Å². The molecule has 0 aliphatic rings. The molecular weight excluding hydrogens is 548 g/mol. The topological polar surface area (TPSA) is 110 Å². The van der Waals surface area contributed by atoms with Crippen LogP contribution in [0.4, 0.5) is 25.8 Å². The molecule has 0 heterocycles. The largest absolute Gasteiger partial charge is 0.462 e. The van der Waals surface area contributed by atoms with Gasteiger partial charge in [-0.1, -0.05) is 12.1 Å². The molecule has 0 aliphatic heterocycles. The number of anilines is 1. The molecule has 1 atom stereocenters. The Morgan fingerprint density at radius 1 is 0.833 bits per heavy atom. The van der Waals surface area contributed by atoms with E-state index in [1.807, 2.05) is 31.1 Å². The number of halogens is 2. The van der Waals surface area contributed by atoms with Crippen molar-refractivity contribution in [1.29, 1.82) is 0 Å². The number of rotatable bonds is 10. The zero-order valence-electron chi connectivity index (χ0n) is 23.0. The van der Waals surface area contributed by atoms with Crippen molar-refractivity contribution >= 4 is 29.0 Å². The highest BCUT2D eigenvalue weighted by Gasteiger charge is 2.17. The lowest BCUT2D eigenvalue weighted by molar-refractivity contribution is -0.0196. The maximum Gasteiger partial charge on any atom is 0.343 e. The monoisotopic (exact) mass is 575 g/mol. The van der Waals surface area contributed by atoms with E-state index < -0.39 is 29.9 Å². The summed E-state index contributed by atoms with van der Waals surface area (Å²) < 4.78 is 44.3. The van der Waals surface area contributed by atoms with Crippen LogP contribution in [0.2, 0.25) is 0 Å². The van der Waals surface area contributed by atoms with Crippen LogP contribution in [0.5, 0.6) is 11.5 Å². The quantitative estimate of drug-likeness (QED) is 0.0947. The lowest BCUT2D eigenvalue weighted by Crippen LogP contribution is -2.12. The zero-order valence-corrected chi connectivity index (χ0v) is 23.0. The minimum Gasteiger partial charge on any atom is -0.462 e. The van der Waals surface area contributed by atoms with Crippen LogP contribution in [0.25, 0.3) is 0 Å². The molecule has 0 radical (unpaired) electrons. The number of benzene rings is 4. The van der Waals surface area contributed by atoms with Crippen LogP contribution < -0.4 is 14.4 Å². The summed E-state index contributed by atoms with van der Waals surface area (Å²) in [7, 11) is 3.83. The number of carbonyl (C=O) groups is 2. The molecule has 4 aromatic carbocycles. The number of hydrogen-bond donors (Lipinski definition) is 1. The number of carbonyl (C=O) groups excluding carboxylic acids is 2. The van der Waals surface area contributed by atoms with Gasteiger partial charge in [0.15, 0.2) is 17.4 Å². The van der Waals surface area contributed by atoms with Crippen LogP contribution in [0.3, 0.4) is 0 Å². The molecule has 11 heteroatoms. The fourth-order valence-electron chi connectivity index (χ4n) is 3.64. The number of ether oxygens (including phenoxy) is 3. The first kappa shape index (κ1) is 29.8. The third kappa shape index (κ3) is 7.52. The molecule has 0 fully saturated rings. The number of nitrogens with zero attached hydrogens (tertiary/aromatic N) is 3. The Hall–Kier alpha value is -5.16. The average molecular weight is 576 g/mol. The standard InChI is InChI=1S/C31H27F2N3O6/c1-4-40-29(37)21-9-16-28(26(33)17-21)42-31(39)20-7-5-19(6-8-20)30(38)41-24-14-15-27(25(32)18-24)35-34-22-10-12-23(13-11-22)36(2)3/h5-18,30,38H,4H2,1-3H3. The van der Waals surface area contributed by atoms with Gasteiger partial charge in [-0.05, 0) is 73.7 Å². The van der Waals surface area contributed by atoms with Crippen molar-refractivity contribution < 1.29 is 37.7 Å². The molecular formula is C31H27F2N3O6. The summed E-state index contributed by atoms with van der Waals surface area (Å²) in [6, 6.07) is 20.0. The number of aliphatic hydroxyl groups is 1. The lowest BCUT2D eigenvalue weighted by atomic mass is 10.1. The van der Waals surface area contributed by atoms with Crippen LogP contribution in [-0.2, 0) is 4.74 Å². The minimum absolute atomic E-state index is 0.0108. The highest BCUT2D eigenvalue weighted by Crippen LogP contribution is 2.28. The van der Waals surface area contributed by atoms with Gasteiger partial charge in [-0.3, -0.25) is 0 Å². The minimum atomic E-state index is -1.48. The third-order valence-corrected chi connectivity index (χ3v) is 5.88. The summed E-state index contributed by atoms with van der Waals surface area (Å²) in [5, 5.41) is 18.5. The van der Waals surface area contributed by atoms with E-state index in [0.29, 0.717) is 5.69 Å². The molecule has 0 spiro atoms. The van der Waals surface area contributed by atoms with Crippen molar-refractivity contribution in [3.8, 4) is 11.5 Å². The van der Waals surface area contributed by atoms with Gasteiger partial charge in [-0.25, -0.2) is 18.4 Å². The third-order valence-electron chi connectivity index (χ3n) is 5.88. The Morgan fingerprint density at radius 3 is 2.14 bits per heavy atom. The molecule has 1 N–H and O–H groups in total. The van der Waals surface area contributed by atoms with Gasteiger partial charge < -0.3 is 24.2 Å². The Bertz CT molecular complexity index is 1590. The van der Waals surface area contributed by atoms with E-state index in [-0.39, 0.29) is 40.5 Å². The van der Waals surface area contributed by atoms with Crippen LogP contribution in [0.15, 0.2) is 95.2 Å². The van der Waals surface area contributed by atoms with E-state index in [4.69, 9.17) is 14.2 Å². The summed E-state index contributed by atoms with van der Waals surface area (Å²) in [5.41, 5.74) is 1.85. The van der Waals surface area contributed by atoms with E-state index in [0.717, 1.165) is 23.9 Å².